The van der Waals surface area contributed by atoms with Crippen molar-refractivity contribution in [1.29, 1.82) is 0 Å². The van der Waals surface area contributed by atoms with E-state index in [1.165, 1.54) is 0 Å². The number of anilines is 1. The van der Waals surface area contributed by atoms with Gasteiger partial charge in [0.1, 0.15) is 0 Å². The van der Waals surface area contributed by atoms with Gasteiger partial charge in [-0.05, 0) is 41.4 Å². The van der Waals surface area contributed by atoms with Gasteiger partial charge in [-0.1, -0.05) is 48.0 Å². The van der Waals surface area contributed by atoms with Crippen LogP contribution in [0.2, 0.25) is 0 Å². The van der Waals surface area contributed by atoms with Gasteiger partial charge in [-0.25, -0.2) is 4.63 Å². The molecule has 3 aromatic rings. The van der Waals surface area contributed by atoms with Crippen LogP contribution in [-0.2, 0) is 11.2 Å². The Hall–Kier alpha value is -2.95. The highest BCUT2D eigenvalue weighted by Crippen LogP contribution is 2.28. The molecular formula is C18H17N3O2. The summed E-state index contributed by atoms with van der Waals surface area (Å²) in [4.78, 5) is 12.2. The van der Waals surface area contributed by atoms with Gasteiger partial charge in [-0.15, -0.1) is 0 Å². The maximum Gasteiger partial charge on any atom is 0.230 e. The van der Waals surface area contributed by atoms with E-state index in [2.05, 4.69) is 15.6 Å². The molecule has 1 amide bonds. The van der Waals surface area contributed by atoms with Crippen LogP contribution in [0.4, 0.5) is 5.82 Å². The molecule has 0 spiro atoms. The van der Waals surface area contributed by atoms with Gasteiger partial charge in [0.05, 0.1) is 6.42 Å². The molecule has 0 radical (unpaired) electrons. The van der Waals surface area contributed by atoms with Gasteiger partial charge in [0.25, 0.3) is 0 Å². The van der Waals surface area contributed by atoms with Gasteiger partial charge in [-0.2, -0.15) is 0 Å². The summed E-state index contributed by atoms with van der Waals surface area (Å²) in [6.07, 6.45) is 0.278. The van der Waals surface area contributed by atoms with Crippen molar-refractivity contribution in [3.8, 4) is 11.3 Å². The smallest absolute Gasteiger partial charge is 0.230 e. The van der Waals surface area contributed by atoms with Gasteiger partial charge >= 0.3 is 0 Å². The van der Waals surface area contributed by atoms with Crippen LogP contribution in [0.15, 0.2) is 53.2 Å². The zero-order chi connectivity index (χ0) is 16.2. The maximum atomic E-state index is 12.2. The number of aromatic nitrogens is 2. The number of aryl methyl sites for hydroxylation is 2. The second-order valence-corrected chi connectivity index (χ2v) is 5.49. The number of carbonyl (C=O) groups is 1. The molecule has 23 heavy (non-hydrogen) atoms. The Labute approximate surface area is 134 Å². The number of benzene rings is 2. The van der Waals surface area contributed by atoms with E-state index in [4.69, 9.17) is 4.63 Å². The standard InChI is InChI=1S/C18H17N3O2/c1-12-8-9-13(2)15(10-12)17-18(21-23-20-17)19-16(22)11-14-6-4-3-5-7-14/h3-10H,11H2,1-2H3,(H,19,21,22). The molecule has 0 saturated heterocycles. The van der Waals surface area contributed by atoms with Crippen LogP contribution in [0.3, 0.4) is 0 Å². The largest absolute Gasteiger partial charge is 0.306 e. The van der Waals surface area contributed by atoms with Gasteiger partial charge < -0.3 is 5.32 Å². The zero-order valence-corrected chi connectivity index (χ0v) is 13.0. The van der Waals surface area contributed by atoms with Crippen molar-refractivity contribution >= 4 is 11.7 Å². The quantitative estimate of drug-likeness (QED) is 0.800. The van der Waals surface area contributed by atoms with Crippen LogP contribution in [-0.4, -0.2) is 16.2 Å². The number of hydrogen-bond acceptors (Lipinski definition) is 4. The molecule has 0 aliphatic rings. The summed E-state index contributed by atoms with van der Waals surface area (Å²) < 4.78 is 4.83. The molecule has 1 heterocycles. The highest BCUT2D eigenvalue weighted by molar-refractivity contribution is 5.94. The molecule has 2 aromatic carbocycles. The Bertz CT molecular complexity index is 825. The van der Waals surface area contributed by atoms with Crippen molar-refractivity contribution in [2.24, 2.45) is 0 Å². The summed E-state index contributed by atoms with van der Waals surface area (Å²) in [5.74, 6) is 0.193. The third-order valence-corrected chi connectivity index (χ3v) is 3.60. The number of nitrogens with one attached hydrogen (secondary N) is 1. The predicted molar refractivity (Wildman–Crippen MR) is 88.0 cm³/mol. The van der Waals surface area contributed by atoms with Crippen molar-refractivity contribution in [1.82, 2.24) is 10.3 Å². The van der Waals surface area contributed by atoms with Crippen LogP contribution in [0.1, 0.15) is 16.7 Å². The molecule has 0 aliphatic carbocycles. The fourth-order valence-electron chi connectivity index (χ4n) is 2.40. The van der Waals surface area contributed by atoms with Crippen molar-refractivity contribution in [2.45, 2.75) is 20.3 Å². The summed E-state index contributed by atoms with van der Waals surface area (Å²) in [5.41, 5.74) is 4.55. The van der Waals surface area contributed by atoms with E-state index < -0.39 is 0 Å². The maximum absolute atomic E-state index is 12.2. The lowest BCUT2D eigenvalue weighted by Crippen LogP contribution is -2.15. The van der Waals surface area contributed by atoms with Crippen molar-refractivity contribution in [3.63, 3.8) is 0 Å². The summed E-state index contributed by atoms with van der Waals surface area (Å²) in [6.45, 7) is 3.99. The van der Waals surface area contributed by atoms with Crippen molar-refractivity contribution in [2.75, 3.05) is 5.32 Å². The lowest BCUT2D eigenvalue weighted by atomic mass is 10.0. The van der Waals surface area contributed by atoms with Crippen LogP contribution in [0, 0.1) is 13.8 Å². The minimum absolute atomic E-state index is 0.154. The van der Waals surface area contributed by atoms with E-state index in [0.717, 1.165) is 22.3 Å². The molecule has 5 heteroatoms. The second kappa shape index (κ2) is 6.44. The summed E-state index contributed by atoms with van der Waals surface area (Å²) >= 11 is 0. The third kappa shape index (κ3) is 3.45. The fraction of sp³-hybridized carbons (Fsp3) is 0.167. The molecule has 0 bridgehead atoms. The first kappa shape index (κ1) is 15.0. The first-order valence-electron chi connectivity index (χ1n) is 7.37. The van der Waals surface area contributed by atoms with E-state index in [1.54, 1.807) is 0 Å². The summed E-state index contributed by atoms with van der Waals surface area (Å²) in [7, 11) is 0. The molecular weight excluding hydrogens is 290 g/mol. The number of carbonyl (C=O) groups excluding carboxylic acids is 1. The lowest BCUT2D eigenvalue weighted by molar-refractivity contribution is -0.115. The molecule has 116 valence electrons. The van der Waals surface area contributed by atoms with E-state index in [-0.39, 0.29) is 12.3 Å². The lowest BCUT2D eigenvalue weighted by Gasteiger charge is -2.06. The molecule has 0 unspecified atom stereocenters. The number of rotatable bonds is 4. The third-order valence-electron chi connectivity index (χ3n) is 3.60. The predicted octanol–water partition coefficient (Wildman–Crippen LogP) is 3.53. The Balaban J connectivity index is 1.81. The molecule has 5 nitrogen and oxygen atoms in total. The molecule has 0 saturated carbocycles. The van der Waals surface area contributed by atoms with Crippen LogP contribution >= 0.6 is 0 Å². The molecule has 1 aromatic heterocycles. The van der Waals surface area contributed by atoms with Crippen LogP contribution in [0.5, 0.6) is 0 Å². The minimum Gasteiger partial charge on any atom is -0.306 e. The SMILES string of the molecule is Cc1ccc(C)c(-c2nonc2NC(=O)Cc2ccccc2)c1. The Kier molecular flexibility index (Phi) is 4.19. The first-order chi connectivity index (χ1) is 11.1. The monoisotopic (exact) mass is 307 g/mol. The zero-order valence-electron chi connectivity index (χ0n) is 13.0. The van der Waals surface area contributed by atoms with E-state index in [1.807, 2.05) is 62.4 Å². The number of amides is 1. The molecule has 0 atom stereocenters. The Morgan fingerprint density at radius 2 is 1.87 bits per heavy atom. The van der Waals surface area contributed by atoms with Gasteiger partial charge in [0, 0.05) is 5.56 Å². The van der Waals surface area contributed by atoms with E-state index in [9.17, 15) is 4.79 Å². The van der Waals surface area contributed by atoms with Gasteiger partial charge in [0.15, 0.2) is 5.69 Å². The van der Waals surface area contributed by atoms with Gasteiger partial charge in [-0.3, -0.25) is 4.79 Å². The number of hydrogen-bond donors (Lipinski definition) is 1. The highest BCUT2D eigenvalue weighted by atomic mass is 16.6. The van der Waals surface area contributed by atoms with Crippen LogP contribution in [0.25, 0.3) is 11.3 Å². The topological polar surface area (TPSA) is 68.0 Å². The Morgan fingerprint density at radius 3 is 2.65 bits per heavy atom. The van der Waals surface area contributed by atoms with Gasteiger partial charge in [0.2, 0.25) is 11.7 Å². The van der Waals surface area contributed by atoms with Crippen molar-refractivity contribution in [3.05, 3.63) is 65.2 Å². The normalized spacial score (nSPS) is 10.5. The average Bonchev–Trinajstić information content (AvgIpc) is 2.98. The number of nitrogens with zero attached hydrogens (tertiary/aromatic N) is 2. The van der Waals surface area contributed by atoms with Crippen molar-refractivity contribution < 1.29 is 9.42 Å². The molecule has 3 rings (SSSR count). The summed E-state index contributed by atoms with van der Waals surface area (Å²) in [6, 6.07) is 15.6. The minimum atomic E-state index is -0.154. The molecule has 0 aliphatic heterocycles. The molecule has 0 fully saturated rings. The fourth-order valence-corrected chi connectivity index (χ4v) is 2.40. The Morgan fingerprint density at radius 1 is 1.09 bits per heavy atom. The first-order valence-corrected chi connectivity index (χ1v) is 7.37. The van der Waals surface area contributed by atoms with E-state index >= 15 is 0 Å². The van der Waals surface area contributed by atoms with Crippen LogP contribution < -0.4 is 5.32 Å². The molecule has 1 N–H and O–H groups in total. The summed E-state index contributed by atoms with van der Waals surface area (Å²) in [5, 5.41) is 10.6. The van der Waals surface area contributed by atoms with E-state index in [0.29, 0.717) is 11.5 Å². The second-order valence-electron chi connectivity index (χ2n) is 5.49. The average molecular weight is 307 g/mol. The highest BCUT2D eigenvalue weighted by Gasteiger charge is 2.17.